The topological polar surface area (TPSA) is 172 Å². The summed E-state index contributed by atoms with van der Waals surface area (Å²) < 4.78 is 54.2. The Hall–Kier alpha value is -1.69. The van der Waals surface area contributed by atoms with Gasteiger partial charge < -0.3 is 10.8 Å². The number of carbonyl (C=O) groups is 1. The van der Waals surface area contributed by atoms with Gasteiger partial charge in [0.25, 0.3) is 0 Å². The number of carboxylic acid groups (broad SMARTS) is 1. The van der Waals surface area contributed by atoms with Gasteiger partial charge in [0.15, 0.2) is 15.6 Å². The first-order chi connectivity index (χ1) is 8.42. The molecule has 0 saturated carbocycles. The number of sulfone groups is 1. The molecule has 1 aromatic carbocycles. The Balaban J connectivity index is 0.000000555. The van der Waals surface area contributed by atoms with Crippen LogP contribution in [0.25, 0.3) is 0 Å². The summed E-state index contributed by atoms with van der Waals surface area (Å²) in [6, 6.07) is 5.39. The van der Waals surface area contributed by atoms with Gasteiger partial charge >= 0.3 is 16.4 Å². The van der Waals surface area contributed by atoms with Crippen LogP contribution in [-0.4, -0.2) is 42.8 Å². The minimum Gasteiger partial charge on any atom is -0.480 e. The summed E-state index contributed by atoms with van der Waals surface area (Å²) >= 11 is 0. The second-order valence-electron chi connectivity index (χ2n) is 3.17. The molecular formula is C8H11NO8S2. The summed E-state index contributed by atoms with van der Waals surface area (Å²) in [7, 11) is -8.40. The molecule has 0 saturated heterocycles. The molecule has 0 aliphatic carbocycles. The summed E-state index contributed by atoms with van der Waals surface area (Å²) in [6.45, 7) is 0. The molecule has 11 heteroatoms. The van der Waals surface area contributed by atoms with E-state index in [0.29, 0.717) is 5.69 Å². The van der Waals surface area contributed by atoms with E-state index in [1.807, 2.05) is 0 Å². The van der Waals surface area contributed by atoms with Crippen LogP contribution in [-0.2, 0) is 25.0 Å². The molecule has 0 fully saturated rings. The minimum atomic E-state index is -4.67. The lowest BCUT2D eigenvalue weighted by atomic mass is 10.3. The summed E-state index contributed by atoms with van der Waals surface area (Å²) in [5, 5.41) is 8.36. The lowest BCUT2D eigenvalue weighted by Gasteiger charge is -2.01. The molecule has 0 aromatic heterocycles. The molecule has 0 aliphatic rings. The molecule has 1 rings (SSSR count). The highest BCUT2D eigenvalue weighted by molar-refractivity contribution is 7.92. The quantitative estimate of drug-likeness (QED) is 0.422. The Bertz CT molecular complexity index is 624. The largest absolute Gasteiger partial charge is 0.480 e. The van der Waals surface area contributed by atoms with Gasteiger partial charge in [-0.3, -0.25) is 13.9 Å². The number of hydrogen-bond acceptors (Lipinski definition) is 6. The van der Waals surface area contributed by atoms with E-state index in [1.54, 1.807) is 0 Å². The maximum atomic E-state index is 11.3. The van der Waals surface area contributed by atoms with Crippen molar-refractivity contribution in [3.63, 3.8) is 0 Å². The van der Waals surface area contributed by atoms with Crippen LogP contribution in [0, 0.1) is 0 Å². The maximum absolute atomic E-state index is 11.3. The highest BCUT2D eigenvalue weighted by atomic mass is 32.3. The first-order valence-electron chi connectivity index (χ1n) is 4.42. The highest BCUT2D eigenvalue weighted by Crippen LogP contribution is 2.12. The first-order valence-corrected chi connectivity index (χ1v) is 7.47. The summed E-state index contributed by atoms with van der Waals surface area (Å²) in [5.41, 5.74) is 5.79. The number of benzene rings is 1. The number of nitrogens with two attached hydrogens (primary N) is 1. The Labute approximate surface area is 109 Å². The van der Waals surface area contributed by atoms with Crippen LogP contribution in [0.3, 0.4) is 0 Å². The zero-order chi connectivity index (χ0) is 15.3. The van der Waals surface area contributed by atoms with Crippen molar-refractivity contribution in [1.29, 1.82) is 0 Å². The number of hydrogen-bond donors (Lipinski definition) is 4. The fourth-order valence-electron chi connectivity index (χ4n) is 0.921. The average Bonchev–Trinajstić information content (AvgIpc) is 2.13. The highest BCUT2D eigenvalue weighted by Gasteiger charge is 2.18. The minimum absolute atomic E-state index is 0.0332. The SMILES string of the molecule is Nc1ccc(S(=O)(=O)CC(=O)O)cc1.O=S(=O)(O)O. The van der Waals surface area contributed by atoms with Gasteiger partial charge in [0.2, 0.25) is 0 Å². The van der Waals surface area contributed by atoms with Crippen LogP contribution in [0.1, 0.15) is 0 Å². The molecule has 1 aromatic rings. The van der Waals surface area contributed by atoms with E-state index in [2.05, 4.69) is 0 Å². The van der Waals surface area contributed by atoms with E-state index in [4.69, 9.17) is 28.4 Å². The standard InChI is InChI=1S/C8H9NO4S.H2O4S/c9-6-1-3-7(4-2-6)14(12,13)5-8(10)11;1-5(2,3)4/h1-4H,5,9H2,(H,10,11);(H2,1,2,3,4). The second-order valence-corrected chi connectivity index (χ2v) is 6.05. The molecule has 0 atom stereocenters. The summed E-state index contributed by atoms with van der Waals surface area (Å²) in [4.78, 5) is 10.2. The van der Waals surface area contributed by atoms with Crippen molar-refractivity contribution in [2.45, 2.75) is 4.90 Å². The number of carboxylic acids is 1. The third-order valence-electron chi connectivity index (χ3n) is 1.55. The molecule has 9 nitrogen and oxygen atoms in total. The lowest BCUT2D eigenvalue weighted by molar-refractivity contribution is -0.134. The third-order valence-corrected chi connectivity index (χ3v) is 3.17. The number of nitrogen functional groups attached to an aromatic ring is 1. The smallest absolute Gasteiger partial charge is 0.394 e. The van der Waals surface area contributed by atoms with Crippen molar-refractivity contribution >= 4 is 31.9 Å². The van der Waals surface area contributed by atoms with Crippen molar-refractivity contribution in [2.75, 3.05) is 11.5 Å². The number of aliphatic carboxylic acids is 1. The van der Waals surface area contributed by atoms with Crippen molar-refractivity contribution in [3.8, 4) is 0 Å². The van der Waals surface area contributed by atoms with Gasteiger partial charge in [0, 0.05) is 5.69 Å². The monoisotopic (exact) mass is 313 g/mol. The molecule has 0 aliphatic heterocycles. The Morgan fingerprint density at radius 3 is 1.74 bits per heavy atom. The molecule has 0 radical (unpaired) electrons. The van der Waals surface area contributed by atoms with E-state index in [9.17, 15) is 13.2 Å². The normalized spacial score (nSPS) is 11.3. The zero-order valence-corrected chi connectivity index (χ0v) is 10.9. The van der Waals surface area contributed by atoms with Crippen LogP contribution in [0.5, 0.6) is 0 Å². The van der Waals surface area contributed by atoms with Crippen molar-refractivity contribution < 1.29 is 35.8 Å². The van der Waals surface area contributed by atoms with Crippen molar-refractivity contribution in [2.24, 2.45) is 0 Å². The van der Waals surface area contributed by atoms with E-state index in [1.165, 1.54) is 24.3 Å². The van der Waals surface area contributed by atoms with Crippen LogP contribution >= 0.6 is 0 Å². The van der Waals surface area contributed by atoms with Crippen molar-refractivity contribution in [1.82, 2.24) is 0 Å². The van der Waals surface area contributed by atoms with Gasteiger partial charge in [-0.25, -0.2) is 8.42 Å². The second kappa shape index (κ2) is 6.47. The number of rotatable bonds is 3. The Morgan fingerprint density at radius 2 is 1.42 bits per heavy atom. The molecule has 0 bridgehead atoms. The fraction of sp³-hybridized carbons (Fsp3) is 0.125. The van der Waals surface area contributed by atoms with Gasteiger partial charge in [0.1, 0.15) is 0 Å². The van der Waals surface area contributed by atoms with E-state index in [-0.39, 0.29) is 4.90 Å². The molecule has 0 unspecified atom stereocenters. The average molecular weight is 313 g/mol. The molecular weight excluding hydrogens is 302 g/mol. The van der Waals surface area contributed by atoms with Crippen LogP contribution in [0.2, 0.25) is 0 Å². The van der Waals surface area contributed by atoms with Gasteiger partial charge in [-0.1, -0.05) is 0 Å². The zero-order valence-electron chi connectivity index (χ0n) is 9.29. The predicted octanol–water partition coefficient (Wildman–Crippen LogP) is -0.526. The van der Waals surface area contributed by atoms with Gasteiger partial charge in [-0.15, -0.1) is 0 Å². The Morgan fingerprint density at radius 1 is 1.05 bits per heavy atom. The maximum Gasteiger partial charge on any atom is 0.394 e. The first kappa shape index (κ1) is 17.3. The van der Waals surface area contributed by atoms with E-state index in [0.717, 1.165) is 0 Å². The molecule has 0 spiro atoms. The van der Waals surface area contributed by atoms with E-state index >= 15 is 0 Å². The van der Waals surface area contributed by atoms with Gasteiger partial charge in [-0.2, -0.15) is 8.42 Å². The molecule has 0 amide bonds. The van der Waals surface area contributed by atoms with E-state index < -0.39 is 32.0 Å². The third kappa shape index (κ3) is 8.96. The van der Waals surface area contributed by atoms with Crippen molar-refractivity contribution in [3.05, 3.63) is 24.3 Å². The van der Waals surface area contributed by atoms with Crippen LogP contribution in [0.15, 0.2) is 29.2 Å². The van der Waals surface area contributed by atoms with Crippen LogP contribution < -0.4 is 5.73 Å². The molecule has 19 heavy (non-hydrogen) atoms. The summed E-state index contributed by atoms with van der Waals surface area (Å²) in [6.07, 6.45) is 0. The Kier molecular flexibility index (Phi) is 5.89. The fourth-order valence-corrected chi connectivity index (χ4v) is 1.96. The van der Waals surface area contributed by atoms with Crippen LogP contribution in [0.4, 0.5) is 5.69 Å². The van der Waals surface area contributed by atoms with Gasteiger partial charge in [0.05, 0.1) is 4.90 Å². The lowest BCUT2D eigenvalue weighted by Crippen LogP contribution is -2.15. The summed E-state index contributed by atoms with van der Waals surface area (Å²) in [5.74, 6) is -2.28. The molecule has 5 N–H and O–H groups in total. The molecule has 108 valence electrons. The predicted molar refractivity (Wildman–Crippen MR) is 64.7 cm³/mol. The van der Waals surface area contributed by atoms with Gasteiger partial charge in [-0.05, 0) is 24.3 Å². The number of anilines is 1. The molecule has 0 heterocycles.